The fraction of sp³-hybridized carbons (Fsp3) is 0.188. The smallest absolute Gasteiger partial charge is 0.261 e. The van der Waals surface area contributed by atoms with Crippen LogP contribution in [0, 0.1) is 0 Å². The average Bonchev–Trinajstić information content (AvgIpc) is 2.99. The van der Waals surface area contributed by atoms with Crippen molar-refractivity contribution < 1.29 is 4.79 Å². The highest BCUT2D eigenvalue weighted by atomic mass is 32.1. The molecule has 0 spiro atoms. The fourth-order valence-electron chi connectivity index (χ4n) is 2.06. The Hall–Kier alpha value is -2.47. The average molecular weight is 312 g/mol. The van der Waals surface area contributed by atoms with Gasteiger partial charge in [-0.25, -0.2) is 9.97 Å². The molecule has 0 saturated heterocycles. The molecule has 22 heavy (non-hydrogen) atoms. The van der Waals surface area contributed by atoms with Gasteiger partial charge in [0.15, 0.2) is 0 Å². The Labute approximate surface area is 132 Å². The number of nitrogens with one attached hydrogen (secondary N) is 2. The molecular formula is C16H16N4OS. The minimum absolute atomic E-state index is 0.0165. The van der Waals surface area contributed by atoms with E-state index in [0.29, 0.717) is 12.5 Å². The quantitative estimate of drug-likeness (QED) is 0.687. The van der Waals surface area contributed by atoms with Gasteiger partial charge in [0.2, 0.25) is 5.95 Å². The van der Waals surface area contributed by atoms with Crippen LogP contribution >= 0.6 is 11.3 Å². The topological polar surface area (TPSA) is 66.9 Å². The van der Waals surface area contributed by atoms with E-state index in [2.05, 4.69) is 20.6 Å². The summed E-state index contributed by atoms with van der Waals surface area (Å²) in [5, 5.41) is 7.16. The molecule has 0 aliphatic heterocycles. The third-order valence-electron chi connectivity index (χ3n) is 3.14. The zero-order valence-corrected chi connectivity index (χ0v) is 12.8. The Balaban J connectivity index is 1.44. The standard InChI is InChI=1S/C16H16N4OS/c21-15(14-11-12-5-1-2-6-13(12)22-14)17-7-3-8-18-16-19-9-4-10-20-16/h1-2,4-6,9-11H,3,7-8H2,(H,17,21)(H,18,19,20). The number of hydrogen-bond acceptors (Lipinski definition) is 5. The molecule has 5 nitrogen and oxygen atoms in total. The van der Waals surface area contributed by atoms with Crippen LogP contribution in [0.15, 0.2) is 48.8 Å². The van der Waals surface area contributed by atoms with Gasteiger partial charge in [-0.15, -0.1) is 11.3 Å². The van der Waals surface area contributed by atoms with Gasteiger partial charge in [0.1, 0.15) is 0 Å². The maximum atomic E-state index is 12.1. The molecule has 6 heteroatoms. The van der Waals surface area contributed by atoms with Crippen molar-refractivity contribution in [2.45, 2.75) is 6.42 Å². The Morgan fingerprint density at radius 3 is 2.73 bits per heavy atom. The van der Waals surface area contributed by atoms with Crippen molar-refractivity contribution in [2.75, 3.05) is 18.4 Å². The largest absolute Gasteiger partial charge is 0.354 e. The maximum absolute atomic E-state index is 12.1. The summed E-state index contributed by atoms with van der Waals surface area (Å²) in [4.78, 5) is 21.0. The molecule has 1 amide bonds. The van der Waals surface area contributed by atoms with E-state index in [4.69, 9.17) is 0 Å². The highest BCUT2D eigenvalue weighted by Gasteiger charge is 2.09. The molecule has 0 fully saturated rings. The molecule has 2 N–H and O–H groups in total. The predicted molar refractivity (Wildman–Crippen MR) is 89.3 cm³/mol. The van der Waals surface area contributed by atoms with E-state index in [1.54, 1.807) is 18.5 Å². The van der Waals surface area contributed by atoms with E-state index in [0.717, 1.165) is 27.9 Å². The van der Waals surface area contributed by atoms with Gasteiger partial charge >= 0.3 is 0 Å². The molecule has 2 aromatic heterocycles. The van der Waals surface area contributed by atoms with Crippen LogP contribution in [-0.4, -0.2) is 29.0 Å². The van der Waals surface area contributed by atoms with Gasteiger partial charge in [-0.2, -0.15) is 0 Å². The SMILES string of the molecule is O=C(NCCCNc1ncccn1)c1cc2ccccc2s1. The first-order valence-electron chi connectivity index (χ1n) is 7.10. The molecule has 3 aromatic rings. The molecule has 0 aliphatic rings. The lowest BCUT2D eigenvalue weighted by molar-refractivity contribution is 0.0957. The monoisotopic (exact) mass is 312 g/mol. The minimum atomic E-state index is -0.0165. The normalized spacial score (nSPS) is 10.5. The van der Waals surface area contributed by atoms with Crippen molar-refractivity contribution in [1.82, 2.24) is 15.3 Å². The Kier molecular flexibility index (Phi) is 4.60. The van der Waals surface area contributed by atoms with Gasteiger partial charge in [-0.3, -0.25) is 4.79 Å². The third-order valence-corrected chi connectivity index (χ3v) is 4.25. The first-order valence-corrected chi connectivity index (χ1v) is 7.92. The van der Waals surface area contributed by atoms with E-state index in [1.165, 1.54) is 11.3 Å². The summed E-state index contributed by atoms with van der Waals surface area (Å²) in [6, 6.07) is 11.7. The number of fused-ring (bicyclic) bond motifs is 1. The number of aromatic nitrogens is 2. The first-order chi connectivity index (χ1) is 10.8. The number of benzene rings is 1. The number of hydrogen-bond donors (Lipinski definition) is 2. The summed E-state index contributed by atoms with van der Waals surface area (Å²) in [6.07, 6.45) is 4.20. The van der Waals surface area contributed by atoms with Gasteiger partial charge in [0.05, 0.1) is 4.88 Å². The number of carbonyl (C=O) groups is 1. The summed E-state index contributed by atoms with van der Waals surface area (Å²) in [6.45, 7) is 1.34. The molecule has 0 bridgehead atoms. The van der Waals surface area contributed by atoms with Gasteiger partial charge in [0.25, 0.3) is 5.91 Å². The van der Waals surface area contributed by atoms with Crippen LogP contribution in [-0.2, 0) is 0 Å². The van der Waals surface area contributed by atoms with Gasteiger partial charge in [-0.1, -0.05) is 18.2 Å². The summed E-state index contributed by atoms with van der Waals surface area (Å²) < 4.78 is 1.13. The van der Waals surface area contributed by atoms with Crippen LogP contribution in [0.5, 0.6) is 0 Å². The molecule has 0 atom stereocenters. The van der Waals surface area contributed by atoms with Crippen LogP contribution in [0.2, 0.25) is 0 Å². The zero-order valence-electron chi connectivity index (χ0n) is 12.0. The molecule has 1 aromatic carbocycles. The van der Waals surface area contributed by atoms with E-state index < -0.39 is 0 Å². The third kappa shape index (κ3) is 3.59. The van der Waals surface area contributed by atoms with E-state index >= 15 is 0 Å². The van der Waals surface area contributed by atoms with Crippen LogP contribution in [0.1, 0.15) is 16.1 Å². The van der Waals surface area contributed by atoms with E-state index in [9.17, 15) is 4.79 Å². The van der Waals surface area contributed by atoms with E-state index in [1.807, 2.05) is 30.3 Å². The van der Waals surface area contributed by atoms with Crippen molar-refractivity contribution in [3.63, 3.8) is 0 Å². The van der Waals surface area contributed by atoms with Crippen molar-refractivity contribution >= 4 is 33.3 Å². The number of thiophene rings is 1. The number of carbonyl (C=O) groups excluding carboxylic acids is 1. The second-order valence-electron chi connectivity index (χ2n) is 4.76. The van der Waals surface area contributed by atoms with Gasteiger partial charge in [0, 0.05) is 30.2 Å². The highest BCUT2D eigenvalue weighted by molar-refractivity contribution is 7.20. The van der Waals surface area contributed by atoms with Crippen molar-refractivity contribution in [2.24, 2.45) is 0 Å². The molecular weight excluding hydrogens is 296 g/mol. The van der Waals surface area contributed by atoms with Gasteiger partial charge in [-0.05, 0) is 30.0 Å². The number of amides is 1. The van der Waals surface area contributed by atoms with E-state index in [-0.39, 0.29) is 5.91 Å². The maximum Gasteiger partial charge on any atom is 0.261 e. The highest BCUT2D eigenvalue weighted by Crippen LogP contribution is 2.24. The second-order valence-corrected chi connectivity index (χ2v) is 5.84. The minimum Gasteiger partial charge on any atom is -0.354 e. The van der Waals surface area contributed by atoms with Crippen molar-refractivity contribution in [3.8, 4) is 0 Å². The number of rotatable bonds is 6. The lowest BCUT2D eigenvalue weighted by atomic mass is 10.2. The van der Waals surface area contributed by atoms with Gasteiger partial charge < -0.3 is 10.6 Å². The van der Waals surface area contributed by atoms with Crippen molar-refractivity contribution in [3.05, 3.63) is 53.7 Å². The molecule has 112 valence electrons. The second kappa shape index (κ2) is 7.00. The van der Waals surface area contributed by atoms with Crippen LogP contribution in [0.25, 0.3) is 10.1 Å². The molecule has 0 unspecified atom stereocenters. The summed E-state index contributed by atoms with van der Waals surface area (Å²) in [5.41, 5.74) is 0. The number of anilines is 1. The first kappa shape index (κ1) is 14.5. The zero-order chi connectivity index (χ0) is 15.2. The molecule has 2 heterocycles. The van der Waals surface area contributed by atoms with Crippen LogP contribution in [0.4, 0.5) is 5.95 Å². The Bertz CT molecular complexity index is 724. The van der Waals surface area contributed by atoms with Crippen LogP contribution in [0.3, 0.4) is 0 Å². The van der Waals surface area contributed by atoms with Crippen LogP contribution < -0.4 is 10.6 Å². The summed E-state index contributed by atoms with van der Waals surface area (Å²) >= 11 is 1.52. The summed E-state index contributed by atoms with van der Waals surface area (Å²) in [5.74, 6) is 0.593. The lowest BCUT2D eigenvalue weighted by Gasteiger charge is -2.05. The molecule has 0 saturated carbocycles. The Morgan fingerprint density at radius 2 is 1.91 bits per heavy atom. The molecule has 0 aliphatic carbocycles. The molecule has 0 radical (unpaired) electrons. The molecule has 3 rings (SSSR count). The Morgan fingerprint density at radius 1 is 1.09 bits per heavy atom. The lowest BCUT2D eigenvalue weighted by Crippen LogP contribution is -2.25. The predicted octanol–water partition coefficient (Wildman–Crippen LogP) is 2.92. The fourth-order valence-corrected chi connectivity index (χ4v) is 3.04. The summed E-state index contributed by atoms with van der Waals surface area (Å²) in [7, 11) is 0. The number of nitrogens with zero attached hydrogens (tertiary/aromatic N) is 2. The van der Waals surface area contributed by atoms with Crippen molar-refractivity contribution in [1.29, 1.82) is 0 Å².